The molecule has 0 spiro atoms. The van der Waals surface area contributed by atoms with Crippen LogP contribution in [-0.2, 0) is 0 Å². The molecule has 2 aliphatic rings. The Morgan fingerprint density at radius 2 is 2.10 bits per heavy atom. The Morgan fingerprint density at radius 1 is 1.33 bits per heavy atom. The predicted octanol–water partition coefficient (Wildman–Crippen LogP) is 0.768. The summed E-state index contributed by atoms with van der Waals surface area (Å²) in [4.78, 5) is 13.4. The van der Waals surface area contributed by atoms with Gasteiger partial charge in [-0.3, -0.25) is 0 Å². The number of rotatable bonds is 3. The Labute approximate surface area is 125 Å². The molecule has 1 aromatic rings. The maximum Gasteiger partial charge on any atom is 0.225 e. The zero-order valence-electron chi connectivity index (χ0n) is 12.8. The van der Waals surface area contributed by atoms with Crippen molar-refractivity contribution in [1.29, 1.82) is 0 Å². The summed E-state index contributed by atoms with van der Waals surface area (Å²) in [6, 6.07) is 0.371. The monoisotopic (exact) mass is 292 g/mol. The highest BCUT2D eigenvalue weighted by atomic mass is 16.5. The highest BCUT2D eigenvalue weighted by Crippen LogP contribution is 2.41. The third-order valence-corrected chi connectivity index (χ3v) is 5.15. The van der Waals surface area contributed by atoms with Crippen LogP contribution in [0.4, 0.5) is 5.95 Å². The summed E-state index contributed by atoms with van der Waals surface area (Å²) in [6.07, 6.45) is 6.71. The second-order valence-electron chi connectivity index (χ2n) is 6.24. The fourth-order valence-corrected chi connectivity index (χ4v) is 3.78. The van der Waals surface area contributed by atoms with Crippen LogP contribution in [0.1, 0.15) is 19.3 Å². The molecule has 0 aromatic carbocycles. The lowest BCUT2D eigenvalue weighted by atomic mass is 9.69. The Bertz CT molecular complexity index is 481. The van der Waals surface area contributed by atoms with E-state index in [9.17, 15) is 5.11 Å². The van der Waals surface area contributed by atoms with E-state index in [1.54, 1.807) is 19.5 Å². The van der Waals surface area contributed by atoms with E-state index in [2.05, 4.69) is 26.8 Å². The SMILES string of the molecule is COc1cnc(N2CC[C@@]3(CO)CCCN(C)[C@@H]3C2)nc1. The minimum Gasteiger partial charge on any atom is -0.494 e. The normalized spacial score (nSPS) is 30.0. The highest BCUT2D eigenvalue weighted by molar-refractivity contribution is 5.33. The average molecular weight is 292 g/mol. The number of hydrogen-bond acceptors (Lipinski definition) is 6. The lowest BCUT2D eigenvalue weighted by Gasteiger charge is -2.53. The van der Waals surface area contributed by atoms with Crippen LogP contribution in [0, 0.1) is 5.41 Å². The number of fused-ring (bicyclic) bond motifs is 1. The molecule has 0 unspecified atom stereocenters. The van der Waals surface area contributed by atoms with Gasteiger partial charge < -0.3 is 19.6 Å². The van der Waals surface area contributed by atoms with Crippen molar-refractivity contribution < 1.29 is 9.84 Å². The van der Waals surface area contributed by atoms with Gasteiger partial charge in [-0.2, -0.15) is 0 Å². The van der Waals surface area contributed by atoms with Crippen molar-refractivity contribution in [2.24, 2.45) is 5.41 Å². The van der Waals surface area contributed by atoms with Crippen LogP contribution in [0.3, 0.4) is 0 Å². The van der Waals surface area contributed by atoms with Crippen LogP contribution in [-0.4, -0.2) is 66.4 Å². The van der Waals surface area contributed by atoms with E-state index in [0.717, 1.165) is 38.4 Å². The molecule has 3 heterocycles. The van der Waals surface area contributed by atoms with E-state index in [1.165, 1.54) is 6.42 Å². The molecule has 3 rings (SSSR count). The molecule has 6 nitrogen and oxygen atoms in total. The molecular formula is C15H24N4O2. The Hall–Kier alpha value is -1.40. The largest absolute Gasteiger partial charge is 0.494 e. The van der Waals surface area contributed by atoms with Crippen molar-refractivity contribution >= 4 is 5.95 Å². The smallest absolute Gasteiger partial charge is 0.225 e. The summed E-state index contributed by atoms with van der Waals surface area (Å²) in [5, 5.41) is 9.93. The first kappa shape index (κ1) is 14.5. The first-order valence-electron chi connectivity index (χ1n) is 7.60. The fraction of sp³-hybridized carbons (Fsp3) is 0.733. The van der Waals surface area contributed by atoms with Gasteiger partial charge in [0.15, 0.2) is 5.75 Å². The molecule has 2 aliphatic heterocycles. The quantitative estimate of drug-likeness (QED) is 0.888. The molecule has 116 valence electrons. The molecule has 1 aromatic heterocycles. The molecule has 0 bridgehead atoms. The van der Waals surface area contributed by atoms with E-state index < -0.39 is 0 Å². The minimum atomic E-state index is 0.0516. The van der Waals surface area contributed by atoms with Gasteiger partial charge in [0.1, 0.15) is 0 Å². The molecule has 2 atom stereocenters. The number of nitrogens with zero attached hydrogens (tertiary/aromatic N) is 4. The number of likely N-dealkylation sites (tertiary alicyclic amines) is 1. The maximum atomic E-state index is 9.93. The molecule has 0 amide bonds. The van der Waals surface area contributed by atoms with Crippen molar-refractivity contribution in [3.8, 4) is 5.75 Å². The van der Waals surface area contributed by atoms with Crippen LogP contribution < -0.4 is 9.64 Å². The van der Waals surface area contributed by atoms with E-state index in [4.69, 9.17) is 4.74 Å². The summed E-state index contributed by atoms with van der Waals surface area (Å²) in [5.74, 6) is 1.43. The summed E-state index contributed by atoms with van der Waals surface area (Å²) < 4.78 is 5.11. The Kier molecular flexibility index (Phi) is 3.99. The van der Waals surface area contributed by atoms with Crippen molar-refractivity contribution in [3.63, 3.8) is 0 Å². The first-order chi connectivity index (χ1) is 10.2. The van der Waals surface area contributed by atoms with Crippen molar-refractivity contribution in [1.82, 2.24) is 14.9 Å². The van der Waals surface area contributed by atoms with Crippen LogP contribution >= 0.6 is 0 Å². The standard InChI is InChI=1S/C15H24N4O2/c1-18-6-3-4-15(11-20)5-7-19(10-13(15)18)14-16-8-12(21-2)9-17-14/h8-9,13,20H,3-7,10-11H2,1-2H3/t13-,15-/m1/s1. The molecule has 21 heavy (non-hydrogen) atoms. The van der Waals surface area contributed by atoms with Crippen molar-refractivity contribution in [2.75, 3.05) is 45.3 Å². The Morgan fingerprint density at radius 3 is 2.76 bits per heavy atom. The topological polar surface area (TPSA) is 61.7 Å². The highest BCUT2D eigenvalue weighted by Gasteiger charge is 2.46. The van der Waals surface area contributed by atoms with Crippen molar-refractivity contribution in [2.45, 2.75) is 25.3 Å². The molecular weight excluding hydrogens is 268 g/mol. The van der Waals surface area contributed by atoms with Gasteiger partial charge in [0.05, 0.1) is 26.1 Å². The molecule has 1 N–H and O–H groups in total. The number of aliphatic hydroxyl groups is 1. The minimum absolute atomic E-state index is 0.0516. The molecule has 0 radical (unpaired) electrons. The summed E-state index contributed by atoms with van der Waals surface area (Å²) >= 11 is 0. The zero-order chi connectivity index (χ0) is 14.9. The van der Waals surface area contributed by atoms with Gasteiger partial charge in [-0.15, -0.1) is 0 Å². The number of anilines is 1. The predicted molar refractivity (Wildman–Crippen MR) is 80.6 cm³/mol. The number of aromatic nitrogens is 2. The van der Waals surface area contributed by atoms with Gasteiger partial charge in [0.25, 0.3) is 0 Å². The van der Waals surface area contributed by atoms with E-state index in [1.807, 2.05) is 0 Å². The molecule has 6 heteroatoms. The van der Waals surface area contributed by atoms with E-state index >= 15 is 0 Å². The van der Waals surface area contributed by atoms with E-state index in [-0.39, 0.29) is 12.0 Å². The van der Waals surface area contributed by atoms with Crippen molar-refractivity contribution in [3.05, 3.63) is 12.4 Å². The van der Waals surface area contributed by atoms with Gasteiger partial charge in [-0.1, -0.05) is 0 Å². The maximum absolute atomic E-state index is 9.93. The second kappa shape index (κ2) is 5.77. The van der Waals surface area contributed by atoms with Gasteiger partial charge in [0.2, 0.25) is 5.95 Å². The number of hydrogen-bond donors (Lipinski definition) is 1. The summed E-state index contributed by atoms with van der Waals surface area (Å²) in [6.45, 7) is 3.16. The van der Waals surface area contributed by atoms with Crippen LogP contribution in [0.15, 0.2) is 12.4 Å². The third-order valence-electron chi connectivity index (χ3n) is 5.15. The zero-order valence-corrected chi connectivity index (χ0v) is 12.8. The van der Waals surface area contributed by atoms with Crippen LogP contribution in [0.5, 0.6) is 5.75 Å². The van der Waals surface area contributed by atoms with Gasteiger partial charge in [0, 0.05) is 24.5 Å². The summed E-state index contributed by atoms with van der Waals surface area (Å²) in [5.41, 5.74) is 0.0516. The third kappa shape index (κ3) is 2.58. The molecule has 0 aliphatic carbocycles. The fourth-order valence-electron chi connectivity index (χ4n) is 3.78. The van der Waals surface area contributed by atoms with E-state index in [0.29, 0.717) is 11.8 Å². The van der Waals surface area contributed by atoms with Gasteiger partial charge >= 0.3 is 0 Å². The van der Waals surface area contributed by atoms with Crippen LogP contribution in [0.2, 0.25) is 0 Å². The number of methoxy groups -OCH3 is 1. The summed E-state index contributed by atoms with van der Waals surface area (Å²) in [7, 11) is 3.78. The molecule has 2 saturated heterocycles. The number of ether oxygens (including phenoxy) is 1. The number of piperidine rings is 2. The number of likely N-dealkylation sites (N-methyl/N-ethyl adjacent to an activating group) is 1. The van der Waals surface area contributed by atoms with Gasteiger partial charge in [-0.25, -0.2) is 9.97 Å². The van der Waals surface area contributed by atoms with Crippen LogP contribution in [0.25, 0.3) is 0 Å². The lowest BCUT2D eigenvalue weighted by Crippen LogP contribution is -2.61. The average Bonchev–Trinajstić information content (AvgIpc) is 2.55. The molecule has 2 fully saturated rings. The second-order valence-corrected chi connectivity index (χ2v) is 6.24. The molecule has 0 saturated carbocycles. The lowest BCUT2D eigenvalue weighted by molar-refractivity contribution is -0.0278. The first-order valence-corrected chi connectivity index (χ1v) is 7.60. The Balaban J connectivity index is 1.78. The number of aliphatic hydroxyl groups excluding tert-OH is 1. The van der Waals surface area contributed by atoms with Gasteiger partial charge in [-0.05, 0) is 32.9 Å².